The molecule has 0 atom stereocenters. The van der Waals surface area contributed by atoms with E-state index in [-0.39, 0.29) is 4.90 Å². The summed E-state index contributed by atoms with van der Waals surface area (Å²) in [5.74, 6) is 0. The molecular formula is C10H9ClN2O3S. The average molecular weight is 273 g/mol. The third kappa shape index (κ3) is 1.72. The fraction of sp³-hybridized carbons (Fsp3) is 0.300. The monoisotopic (exact) mass is 272 g/mol. The first-order chi connectivity index (χ1) is 7.90. The summed E-state index contributed by atoms with van der Waals surface area (Å²) in [6.45, 7) is 0. The summed E-state index contributed by atoms with van der Waals surface area (Å²) in [6, 6.07) is 3.15. The van der Waals surface area contributed by atoms with Crippen molar-refractivity contribution >= 4 is 30.6 Å². The summed E-state index contributed by atoms with van der Waals surface area (Å²) in [5.41, 5.74) is 0.0422. The van der Waals surface area contributed by atoms with E-state index in [9.17, 15) is 13.5 Å². The van der Waals surface area contributed by atoms with E-state index in [0.717, 1.165) is 0 Å². The molecule has 1 heterocycles. The molecule has 2 aromatic rings. The number of fused-ring (bicyclic) bond motifs is 1. The molecule has 1 aliphatic carbocycles. The summed E-state index contributed by atoms with van der Waals surface area (Å²) >= 11 is 0. The van der Waals surface area contributed by atoms with Gasteiger partial charge in [-0.15, -0.1) is 0 Å². The number of halogens is 1. The molecule has 1 aromatic carbocycles. The van der Waals surface area contributed by atoms with Crippen molar-refractivity contribution in [3.05, 3.63) is 23.9 Å². The van der Waals surface area contributed by atoms with Crippen LogP contribution >= 0.6 is 10.7 Å². The van der Waals surface area contributed by atoms with E-state index in [2.05, 4.69) is 10.2 Å². The van der Waals surface area contributed by atoms with Gasteiger partial charge < -0.3 is 5.11 Å². The number of hydrogen-bond acceptors (Lipinski definition) is 4. The van der Waals surface area contributed by atoms with Crippen LogP contribution < -0.4 is 0 Å². The lowest BCUT2D eigenvalue weighted by Gasteiger charge is -2.09. The first-order valence-electron chi connectivity index (χ1n) is 5.05. The number of hydrogen-bond donors (Lipinski definition) is 2. The zero-order valence-corrected chi connectivity index (χ0v) is 10.2. The first-order valence-corrected chi connectivity index (χ1v) is 7.36. The average Bonchev–Trinajstić information content (AvgIpc) is 2.82. The van der Waals surface area contributed by atoms with Gasteiger partial charge in [-0.1, -0.05) is 0 Å². The quantitative estimate of drug-likeness (QED) is 0.811. The van der Waals surface area contributed by atoms with E-state index in [1.807, 2.05) is 0 Å². The van der Waals surface area contributed by atoms with E-state index in [1.54, 1.807) is 6.07 Å². The number of aromatic amines is 1. The minimum Gasteiger partial charge on any atom is -0.385 e. The van der Waals surface area contributed by atoms with Crippen LogP contribution in [0.4, 0.5) is 0 Å². The number of H-pyrrole nitrogens is 1. The summed E-state index contributed by atoms with van der Waals surface area (Å²) in [7, 11) is 1.52. The molecule has 0 saturated heterocycles. The zero-order chi connectivity index (χ0) is 12.3. The SMILES string of the molecule is O=S(=O)(Cl)c1cc(C2(O)CC2)cc2cn[nH]c12. The van der Waals surface area contributed by atoms with Crippen molar-refractivity contribution in [2.24, 2.45) is 0 Å². The Labute approximate surface area is 102 Å². The molecule has 90 valence electrons. The maximum absolute atomic E-state index is 11.5. The number of nitrogens with zero attached hydrogens (tertiary/aromatic N) is 1. The van der Waals surface area contributed by atoms with Gasteiger partial charge in [0, 0.05) is 16.1 Å². The van der Waals surface area contributed by atoms with Crippen LogP contribution in [0.3, 0.4) is 0 Å². The Morgan fingerprint density at radius 3 is 2.71 bits per heavy atom. The lowest BCUT2D eigenvalue weighted by atomic mass is 10.1. The molecular weight excluding hydrogens is 264 g/mol. The van der Waals surface area contributed by atoms with Crippen LogP contribution in [0.1, 0.15) is 18.4 Å². The summed E-state index contributed by atoms with van der Waals surface area (Å²) in [5, 5.41) is 17.0. The van der Waals surface area contributed by atoms with Gasteiger partial charge in [-0.3, -0.25) is 5.10 Å². The van der Waals surface area contributed by atoms with E-state index >= 15 is 0 Å². The van der Waals surface area contributed by atoms with E-state index in [4.69, 9.17) is 10.7 Å². The van der Waals surface area contributed by atoms with Crippen molar-refractivity contribution in [3.8, 4) is 0 Å². The van der Waals surface area contributed by atoms with Gasteiger partial charge in [-0.2, -0.15) is 5.10 Å². The van der Waals surface area contributed by atoms with Crippen LogP contribution in [0.25, 0.3) is 10.9 Å². The minimum absolute atomic E-state index is 0.0375. The fourth-order valence-electron chi connectivity index (χ4n) is 1.89. The Bertz CT molecular complexity index is 703. The third-order valence-electron chi connectivity index (χ3n) is 3.04. The number of aliphatic hydroxyl groups is 1. The molecule has 0 spiro atoms. The summed E-state index contributed by atoms with van der Waals surface area (Å²) in [6.07, 6.45) is 2.78. The Hall–Kier alpha value is -1.11. The molecule has 3 rings (SSSR count). The molecule has 0 amide bonds. The lowest BCUT2D eigenvalue weighted by molar-refractivity contribution is 0.151. The van der Waals surface area contributed by atoms with Crippen LogP contribution in [0.5, 0.6) is 0 Å². The molecule has 1 saturated carbocycles. The van der Waals surface area contributed by atoms with Crippen molar-refractivity contribution in [1.29, 1.82) is 0 Å². The van der Waals surface area contributed by atoms with Crippen LogP contribution in [-0.2, 0) is 14.7 Å². The molecule has 17 heavy (non-hydrogen) atoms. The highest BCUT2D eigenvalue weighted by atomic mass is 35.7. The van der Waals surface area contributed by atoms with E-state index in [0.29, 0.717) is 29.3 Å². The van der Waals surface area contributed by atoms with Crippen molar-refractivity contribution in [2.45, 2.75) is 23.3 Å². The van der Waals surface area contributed by atoms with E-state index in [1.165, 1.54) is 12.3 Å². The van der Waals surface area contributed by atoms with Crippen LogP contribution in [0.15, 0.2) is 23.2 Å². The van der Waals surface area contributed by atoms with Crippen molar-refractivity contribution in [1.82, 2.24) is 10.2 Å². The summed E-state index contributed by atoms with van der Waals surface area (Å²) < 4.78 is 23.0. The van der Waals surface area contributed by atoms with Crippen LogP contribution in [0.2, 0.25) is 0 Å². The number of benzene rings is 1. The van der Waals surface area contributed by atoms with Crippen LogP contribution in [0, 0.1) is 0 Å². The van der Waals surface area contributed by atoms with Gasteiger partial charge in [0.25, 0.3) is 9.05 Å². The van der Waals surface area contributed by atoms with Crippen LogP contribution in [-0.4, -0.2) is 23.7 Å². The minimum atomic E-state index is -3.86. The molecule has 0 unspecified atom stereocenters. The second-order valence-corrected chi connectivity index (χ2v) is 6.81. The highest BCUT2D eigenvalue weighted by Gasteiger charge is 2.43. The topological polar surface area (TPSA) is 83.1 Å². The van der Waals surface area contributed by atoms with Gasteiger partial charge >= 0.3 is 0 Å². The van der Waals surface area contributed by atoms with E-state index < -0.39 is 14.7 Å². The molecule has 1 fully saturated rings. The number of aromatic nitrogens is 2. The Morgan fingerprint density at radius 2 is 2.12 bits per heavy atom. The third-order valence-corrected chi connectivity index (χ3v) is 4.38. The zero-order valence-electron chi connectivity index (χ0n) is 8.64. The van der Waals surface area contributed by atoms with Crippen molar-refractivity contribution < 1.29 is 13.5 Å². The molecule has 2 N–H and O–H groups in total. The Morgan fingerprint density at radius 1 is 1.41 bits per heavy atom. The first kappa shape index (κ1) is 11.0. The number of nitrogens with one attached hydrogen (secondary N) is 1. The molecule has 5 nitrogen and oxygen atoms in total. The van der Waals surface area contributed by atoms with Gasteiger partial charge in [0.15, 0.2) is 0 Å². The second kappa shape index (κ2) is 3.22. The molecule has 1 aliphatic rings. The highest BCUT2D eigenvalue weighted by Crippen LogP contribution is 2.46. The molecule has 0 aliphatic heterocycles. The molecule has 1 aromatic heterocycles. The Kier molecular flexibility index (Phi) is 2.08. The van der Waals surface area contributed by atoms with Gasteiger partial charge in [-0.25, -0.2) is 8.42 Å². The standard InChI is InChI=1S/C10H9ClN2O3S/c11-17(15,16)8-4-7(10(14)1-2-10)3-6-5-12-13-9(6)8/h3-5,14H,1-2H2,(H,12,13). The molecule has 0 radical (unpaired) electrons. The Balaban J connectivity index is 2.35. The normalized spacial score (nSPS) is 18.5. The van der Waals surface area contributed by atoms with Gasteiger partial charge in [0.05, 0.1) is 17.3 Å². The second-order valence-electron chi connectivity index (χ2n) is 4.28. The largest absolute Gasteiger partial charge is 0.385 e. The lowest BCUT2D eigenvalue weighted by Crippen LogP contribution is -2.06. The highest BCUT2D eigenvalue weighted by molar-refractivity contribution is 8.14. The predicted octanol–water partition coefficient (Wildman–Crippen LogP) is 1.47. The maximum Gasteiger partial charge on any atom is 0.263 e. The molecule has 7 heteroatoms. The van der Waals surface area contributed by atoms with Gasteiger partial charge in [0.2, 0.25) is 0 Å². The predicted molar refractivity (Wildman–Crippen MR) is 62.3 cm³/mol. The smallest absolute Gasteiger partial charge is 0.263 e. The number of rotatable bonds is 2. The van der Waals surface area contributed by atoms with Gasteiger partial charge in [-0.05, 0) is 30.5 Å². The summed E-state index contributed by atoms with van der Waals surface area (Å²) in [4.78, 5) is -0.0375. The molecule has 0 bridgehead atoms. The maximum atomic E-state index is 11.5. The fourth-order valence-corrected chi connectivity index (χ4v) is 2.93. The van der Waals surface area contributed by atoms with Crippen molar-refractivity contribution in [2.75, 3.05) is 0 Å². The van der Waals surface area contributed by atoms with Crippen molar-refractivity contribution in [3.63, 3.8) is 0 Å². The van der Waals surface area contributed by atoms with Gasteiger partial charge in [0.1, 0.15) is 4.90 Å².